The Morgan fingerprint density at radius 3 is 2.38 bits per heavy atom. The molecule has 1 N–H and O–H groups in total. The highest BCUT2D eigenvalue weighted by Crippen LogP contribution is 2.32. The second-order valence-electron chi connectivity index (χ2n) is 6.93. The minimum atomic E-state index is -0.422. The summed E-state index contributed by atoms with van der Waals surface area (Å²) in [4.78, 5) is 39.8. The van der Waals surface area contributed by atoms with Crippen LogP contribution in [0.5, 0.6) is 0 Å². The number of fused-ring (bicyclic) bond motifs is 1. The normalized spacial score (nSPS) is 12.9. The van der Waals surface area contributed by atoms with E-state index < -0.39 is 5.91 Å². The number of nitrogens with one attached hydrogen (secondary N) is 1. The first-order chi connectivity index (χ1) is 13.9. The van der Waals surface area contributed by atoms with Crippen LogP contribution in [0.3, 0.4) is 0 Å². The number of rotatable bonds is 3. The van der Waals surface area contributed by atoms with Crippen molar-refractivity contribution in [2.75, 3.05) is 10.2 Å². The molecule has 0 aliphatic carbocycles. The van der Waals surface area contributed by atoms with Crippen LogP contribution in [0.2, 0.25) is 0 Å². The Morgan fingerprint density at radius 1 is 0.897 bits per heavy atom. The highest BCUT2D eigenvalue weighted by Gasteiger charge is 2.37. The SMILES string of the molecule is Cc1ccc(C)c(N2C(=O)c3ccc(C(=O)Nc4ccccc4Br)cc3C2=O)c1. The third kappa shape index (κ3) is 3.36. The molecule has 3 aromatic carbocycles. The van der Waals surface area contributed by atoms with Crippen LogP contribution in [0.4, 0.5) is 11.4 Å². The molecule has 3 aromatic rings. The average molecular weight is 449 g/mol. The Labute approximate surface area is 176 Å². The van der Waals surface area contributed by atoms with Crippen molar-refractivity contribution in [3.05, 3.63) is 93.0 Å². The summed E-state index contributed by atoms with van der Waals surface area (Å²) in [5.41, 5.74) is 3.81. The zero-order chi connectivity index (χ0) is 20.7. The van der Waals surface area contributed by atoms with Gasteiger partial charge in [-0.2, -0.15) is 0 Å². The molecule has 0 fully saturated rings. The monoisotopic (exact) mass is 448 g/mol. The van der Waals surface area contributed by atoms with Crippen molar-refractivity contribution in [2.45, 2.75) is 13.8 Å². The fourth-order valence-corrected chi connectivity index (χ4v) is 3.70. The molecule has 1 heterocycles. The van der Waals surface area contributed by atoms with Gasteiger partial charge in [0.05, 0.1) is 22.5 Å². The van der Waals surface area contributed by atoms with E-state index in [1.54, 1.807) is 12.1 Å². The summed E-state index contributed by atoms with van der Waals surface area (Å²) in [6.45, 7) is 3.76. The highest BCUT2D eigenvalue weighted by atomic mass is 79.9. The number of amides is 3. The third-order valence-corrected chi connectivity index (χ3v) is 5.57. The molecule has 6 heteroatoms. The van der Waals surface area contributed by atoms with E-state index in [4.69, 9.17) is 0 Å². The predicted molar refractivity (Wildman–Crippen MR) is 116 cm³/mol. The van der Waals surface area contributed by atoms with Crippen LogP contribution in [0.25, 0.3) is 0 Å². The molecule has 3 amide bonds. The summed E-state index contributed by atoms with van der Waals surface area (Å²) in [5, 5.41) is 2.81. The molecule has 0 aromatic heterocycles. The standard InChI is InChI=1S/C23H17BrN2O3/c1-13-7-8-14(2)20(11-13)26-22(28)16-10-9-15(12-17(16)23(26)29)21(27)25-19-6-4-3-5-18(19)24/h3-12H,1-2H3,(H,25,27). The molecule has 0 unspecified atom stereocenters. The number of carbonyl (C=O) groups excluding carboxylic acids is 3. The summed E-state index contributed by atoms with van der Waals surface area (Å²) >= 11 is 3.39. The van der Waals surface area contributed by atoms with Gasteiger partial charge in [0.15, 0.2) is 0 Å². The third-order valence-electron chi connectivity index (χ3n) is 4.88. The number of aryl methyl sites for hydroxylation is 2. The lowest BCUT2D eigenvalue weighted by atomic mass is 10.1. The molecule has 0 spiro atoms. The second-order valence-corrected chi connectivity index (χ2v) is 7.78. The number of carbonyl (C=O) groups is 3. The number of benzene rings is 3. The number of nitrogens with zero attached hydrogens (tertiary/aromatic N) is 1. The molecule has 0 saturated heterocycles. The molecule has 144 valence electrons. The molecule has 0 saturated carbocycles. The average Bonchev–Trinajstić information content (AvgIpc) is 2.95. The van der Waals surface area contributed by atoms with E-state index in [0.29, 0.717) is 22.5 Å². The fraction of sp³-hybridized carbons (Fsp3) is 0.0870. The van der Waals surface area contributed by atoms with Gasteiger partial charge in [-0.05, 0) is 77.3 Å². The van der Waals surface area contributed by atoms with Crippen molar-refractivity contribution in [3.63, 3.8) is 0 Å². The smallest absolute Gasteiger partial charge is 0.266 e. The van der Waals surface area contributed by atoms with E-state index in [9.17, 15) is 14.4 Å². The van der Waals surface area contributed by atoms with E-state index >= 15 is 0 Å². The van der Waals surface area contributed by atoms with Gasteiger partial charge >= 0.3 is 0 Å². The fourth-order valence-electron chi connectivity index (χ4n) is 3.32. The summed E-state index contributed by atoms with van der Waals surface area (Å²) in [6.07, 6.45) is 0. The lowest BCUT2D eigenvalue weighted by Gasteiger charge is -2.17. The van der Waals surface area contributed by atoms with Gasteiger partial charge in [-0.3, -0.25) is 14.4 Å². The molecule has 5 nitrogen and oxygen atoms in total. The molecule has 0 bridgehead atoms. The Balaban J connectivity index is 1.68. The van der Waals surface area contributed by atoms with Crippen LogP contribution in [0.1, 0.15) is 42.2 Å². The molecule has 1 aliphatic rings. The highest BCUT2D eigenvalue weighted by molar-refractivity contribution is 9.10. The van der Waals surface area contributed by atoms with Crippen LogP contribution >= 0.6 is 15.9 Å². The first-order valence-corrected chi connectivity index (χ1v) is 9.82. The minimum Gasteiger partial charge on any atom is -0.321 e. The van der Waals surface area contributed by atoms with Gasteiger partial charge in [0.1, 0.15) is 0 Å². The lowest BCUT2D eigenvalue weighted by Crippen LogP contribution is -2.30. The first kappa shape index (κ1) is 19.1. The van der Waals surface area contributed by atoms with Crippen LogP contribution in [0.15, 0.2) is 65.1 Å². The molecular formula is C23H17BrN2O3. The lowest BCUT2D eigenvalue weighted by molar-refractivity contribution is 0.0925. The van der Waals surface area contributed by atoms with E-state index in [-0.39, 0.29) is 17.4 Å². The van der Waals surface area contributed by atoms with Gasteiger partial charge in [-0.1, -0.05) is 24.3 Å². The number of halogens is 1. The summed E-state index contributed by atoms with van der Waals surface area (Å²) in [6, 6.07) is 17.5. The van der Waals surface area contributed by atoms with E-state index in [1.807, 2.05) is 50.2 Å². The molecule has 0 radical (unpaired) electrons. The molecule has 29 heavy (non-hydrogen) atoms. The van der Waals surface area contributed by atoms with Crippen LogP contribution in [-0.4, -0.2) is 17.7 Å². The van der Waals surface area contributed by atoms with Crippen molar-refractivity contribution in [1.29, 1.82) is 0 Å². The van der Waals surface area contributed by atoms with E-state index in [2.05, 4.69) is 21.2 Å². The minimum absolute atomic E-state index is 0.232. The van der Waals surface area contributed by atoms with E-state index in [1.165, 1.54) is 17.0 Å². The molecular weight excluding hydrogens is 432 g/mol. The number of imide groups is 1. The number of hydrogen-bond acceptors (Lipinski definition) is 3. The maximum Gasteiger partial charge on any atom is 0.266 e. The van der Waals surface area contributed by atoms with Crippen molar-refractivity contribution in [2.24, 2.45) is 0 Å². The number of para-hydroxylation sites is 1. The Bertz CT molecular complexity index is 1190. The van der Waals surface area contributed by atoms with Crippen LogP contribution in [0, 0.1) is 13.8 Å². The zero-order valence-corrected chi connectivity index (χ0v) is 17.4. The Morgan fingerprint density at radius 2 is 1.62 bits per heavy atom. The molecule has 4 rings (SSSR count). The number of anilines is 2. The maximum absolute atomic E-state index is 13.0. The zero-order valence-electron chi connectivity index (χ0n) is 15.8. The molecule has 0 atom stereocenters. The van der Waals surface area contributed by atoms with Gasteiger partial charge in [0, 0.05) is 10.0 Å². The van der Waals surface area contributed by atoms with Crippen molar-refractivity contribution in [1.82, 2.24) is 0 Å². The number of hydrogen-bond donors (Lipinski definition) is 1. The quantitative estimate of drug-likeness (QED) is 0.565. The summed E-state index contributed by atoms with van der Waals surface area (Å²) in [7, 11) is 0. The first-order valence-electron chi connectivity index (χ1n) is 9.03. The van der Waals surface area contributed by atoms with Gasteiger partial charge in [0.2, 0.25) is 0 Å². The summed E-state index contributed by atoms with van der Waals surface area (Å²) in [5.74, 6) is -1.16. The van der Waals surface area contributed by atoms with Crippen molar-refractivity contribution < 1.29 is 14.4 Å². The van der Waals surface area contributed by atoms with Crippen molar-refractivity contribution in [3.8, 4) is 0 Å². The molecule has 1 aliphatic heterocycles. The van der Waals surface area contributed by atoms with Gasteiger partial charge < -0.3 is 5.32 Å². The largest absolute Gasteiger partial charge is 0.321 e. The van der Waals surface area contributed by atoms with Crippen LogP contribution < -0.4 is 10.2 Å². The van der Waals surface area contributed by atoms with Crippen molar-refractivity contribution >= 4 is 45.0 Å². The topological polar surface area (TPSA) is 66.5 Å². The second kappa shape index (κ2) is 7.29. The maximum atomic E-state index is 13.0. The van der Waals surface area contributed by atoms with Gasteiger partial charge in [-0.25, -0.2) is 4.90 Å². The van der Waals surface area contributed by atoms with Crippen LogP contribution in [-0.2, 0) is 0 Å². The van der Waals surface area contributed by atoms with Gasteiger partial charge in [0.25, 0.3) is 17.7 Å². The predicted octanol–water partition coefficient (Wildman–Crippen LogP) is 5.12. The summed E-state index contributed by atoms with van der Waals surface area (Å²) < 4.78 is 0.752. The van der Waals surface area contributed by atoms with Gasteiger partial charge in [-0.15, -0.1) is 0 Å². The Hall–Kier alpha value is -3.25. The van der Waals surface area contributed by atoms with E-state index in [0.717, 1.165) is 15.6 Å². The Kier molecular flexibility index (Phi) is 4.80.